The number of hydrogen-bond donors (Lipinski definition) is 0. The molecule has 0 spiro atoms. The maximum atomic E-state index is 2.47. The monoisotopic (exact) mass is 747 g/mol. The second-order valence-corrected chi connectivity index (χ2v) is 18.9. The Balaban J connectivity index is 0.871. The molecular weight excluding hydrogens is 699 g/mol. The van der Waals surface area contributed by atoms with Crippen molar-refractivity contribution in [3.63, 3.8) is 0 Å². The van der Waals surface area contributed by atoms with Gasteiger partial charge in [0.25, 0.3) is 0 Å². The molecule has 0 heterocycles. The van der Waals surface area contributed by atoms with Gasteiger partial charge in [-0.3, -0.25) is 0 Å². The molecule has 0 N–H and O–H groups in total. The van der Waals surface area contributed by atoms with E-state index in [1.54, 1.807) is 5.56 Å². The highest BCUT2D eigenvalue weighted by Gasteiger charge is 2.51. The number of benzene rings is 8. The first-order valence-electron chi connectivity index (χ1n) is 21.7. The van der Waals surface area contributed by atoms with Crippen LogP contribution in [0.1, 0.15) is 69.1 Å². The second kappa shape index (κ2) is 12.8. The lowest BCUT2D eigenvalue weighted by atomic mass is 9.48. The summed E-state index contributed by atoms with van der Waals surface area (Å²) in [4.78, 5) is 2.44. The van der Waals surface area contributed by atoms with E-state index in [-0.39, 0.29) is 5.41 Å². The summed E-state index contributed by atoms with van der Waals surface area (Å²) in [7, 11) is 0. The van der Waals surface area contributed by atoms with Crippen molar-refractivity contribution in [2.45, 2.75) is 63.2 Å². The molecule has 0 atom stereocenters. The minimum Gasteiger partial charge on any atom is -0.310 e. The molecule has 8 aromatic carbocycles. The van der Waals surface area contributed by atoms with E-state index < -0.39 is 0 Å². The third-order valence-corrected chi connectivity index (χ3v) is 15.0. The van der Waals surface area contributed by atoms with Crippen molar-refractivity contribution in [1.29, 1.82) is 0 Å². The molecule has 8 aromatic rings. The van der Waals surface area contributed by atoms with Gasteiger partial charge >= 0.3 is 0 Å². The third-order valence-electron chi connectivity index (χ3n) is 15.0. The molecule has 4 bridgehead atoms. The lowest BCUT2D eigenvalue weighted by Crippen LogP contribution is -2.48. The fourth-order valence-electron chi connectivity index (χ4n) is 12.5. The van der Waals surface area contributed by atoms with Gasteiger partial charge in [-0.05, 0) is 182 Å². The van der Waals surface area contributed by atoms with E-state index in [1.165, 1.54) is 110 Å². The minimum absolute atomic E-state index is 0.0810. The fraction of sp³-hybridized carbons (Fsp3) is 0.228. The molecule has 1 nitrogen and oxygen atoms in total. The molecule has 58 heavy (non-hydrogen) atoms. The van der Waals surface area contributed by atoms with Crippen molar-refractivity contribution >= 4 is 38.6 Å². The Kier molecular flexibility index (Phi) is 7.53. The van der Waals surface area contributed by atoms with Crippen molar-refractivity contribution in [1.82, 2.24) is 0 Å². The fourth-order valence-corrected chi connectivity index (χ4v) is 12.5. The van der Waals surface area contributed by atoms with Crippen LogP contribution in [0, 0.1) is 17.8 Å². The van der Waals surface area contributed by atoms with Crippen LogP contribution >= 0.6 is 0 Å². The quantitative estimate of drug-likeness (QED) is 0.153. The van der Waals surface area contributed by atoms with Crippen molar-refractivity contribution < 1.29 is 0 Å². The predicted octanol–water partition coefficient (Wildman–Crippen LogP) is 15.6. The number of anilines is 3. The molecule has 5 aliphatic carbocycles. The van der Waals surface area contributed by atoms with Gasteiger partial charge < -0.3 is 4.90 Å². The summed E-state index contributed by atoms with van der Waals surface area (Å²) in [6.07, 6.45) is 8.75. The van der Waals surface area contributed by atoms with Gasteiger partial charge in [0.15, 0.2) is 0 Å². The van der Waals surface area contributed by atoms with Crippen LogP contribution in [0.5, 0.6) is 0 Å². The normalized spacial score (nSPS) is 22.3. The first-order chi connectivity index (χ1) is 28.4. The summed E-state index contributed by atoms with van der Waals surface area (Å²) in [6.45, 7) is 4.73. The summed E-state index contributed by atoms with van der Waals surface area (Å²) in [5, 5.41) is 5.04. The van der Waals surface area contributed by atoms with Crippen molar-refractivity contribution in [2.75, 3.05) is 4.90 Å². The molecule has 4 saturated carbocycles. The zero-order valence-electron chi connectivity index (χ0n) is 33.6. The maximum absolute atomic E-state index is 2.47. The number of hydrogen-bond acceptors (Lipinski definition) is 1. The van der Waals surface area contributed by atoms with E-state index in [9.17, 15) is 0 Å². The Labute approximate surface area is 343 Å². The van der Waals surface area contributed by atoms with Gasteiger partial charge in [-0.2, -0.15) is 0 Å². The second-order valence-electron chi connectivity index (χ2n) is 18.9. The van der Waals surface area contributed by atoms with Crippen LogP contribution in [0.2, 0.25) is 0 Å². The lowest BCUT2D eigenvalue weighted by Gasteiger charge is -2.57. The maximum Gasteiger partial charge on any atom is 0.0468 e. The molecule has 0 amide bonds. The van der Waals surface area contributed by atoms with Crippen molar-refractivity contribution in [2.24, 2.45) is 17.8 Å². The Morgan fingerprint density at radius 2 is 0.862 bits per heavy atom. The Morgan fingerprint density at radius 1 is 0.397 bits per heavy atom. The van der Waals surface area contributed by atoms with E-state index in [0.29, 0.717) is 5.41 Å². The zero-order valence-corrected chi connectivity index (χ0v) is 33.6. The molecule has 282 valence electrons. The van der Waals surface area contributed by atoms with Crippen LogP contribution in [-0.2, 0) is 10.8 Å². The summed E-state index contributed by atoms with van der Waals surface area (Å²) in [5.74, 6) is 2.92. The SMILES string of the molecule is CC1(C)c2ccccc2-c2ccc(N(c3ccc(-c4ccc(-c5ccc(C67CC8CC(CC(C8)C6)C7)cc5)cc4)cc3)c3ccc4cc5ccccc5cc4c3)cc21. The molecule has 13 rings (SSSR count). The van der Waals surface area contributed by atoms with Crippen molar-refractivity contribution in [3.8, 4) is 33.4 Å². The number of nitrogens with zero attached hydrogens (tertiary/aromatic N) is 1. The smallest absolute Gasteiger partial charge is 0.0468 e. The minimum atomic E-state index is -0.0810. The molecule has 0 radical (unpaired) electrons. The average Bonchev–Trinajstić information content (AvgIpc) is 3.48. The molecule has 0 aromatic heterocycles. The van der Waals surface area contributed by atoms with E-state index in [1.807, 2.05) is 0 Å². The molecular formula is C57H49N. The van der Waals surface area contributed by atoms with E-state index in [0.717, 1.165) is 29.1 Å². The Bertz CT molecular complexity index is 2840. The summed E-state index contributed by atoms with van der Waals surface area (Å²) in [5.41, 5.74) is 16.0. The van der Waals surface area contributed by atoms with E-state index in [4.69, 9.17) is 0 Å². The van der Waals surface area contributed by atoms with Crippen LogP contribution in [0.15, 0.2) is 170 Å². The van der Waals surface area contributed by atoms with Gasteiger partial charge in [0.1, 0.15) is 0 Å². The lowest BCUT2D eigenvalue weighted by molar-refractivity contribution is -0.00518. The Hall–Kier alpha value is -5.92. The van der Waals surface area contributed by atoms with Crippen LogP contribution < -0.4 is 4.90 Å². The number of fused-ring (bicyclic) bond motifs is 5. The number of rotatable bonds is 6. The largest absolute Gasteiger partial charge is 0.310 e. The van der Waals surface area contributed by atoms with Gasteiger partial charge in [-0.1, -0.05) is 135 Å². The van der Waals surface area contributed by atoms with Gasteiger partial charge in [0.2, 0.25) is 0 Å². The van der Waals surface area contributed by atoms with Crippen LogP contribution in [0.4, 0.5) is 17.1 Å². The van der Waals surface area contributed by atoms with Gasteiger partial charge in [0, 0.05) is 22.5 Å². The average molecular weight is 748 g/mol. The third kappa shape index (κ3) is 5.43. The first kappa shape index (κ1) is 34.1. The van der Waals surface area contributed by atoms with Gasteiger partial charge in [-0.15, -0.1) is 0 Å². The summed E-state index contributed by atoms with van der Waals surface area (Å²) >= 11 is 0. The standard InChI is InChI=1S/C57H49N/c1-56(2)54-10-6-5-9-52(54)53-26-25-51(33-55(53)56)58(50-24-19-46-30-44-7-3-4-8-45(44)31-47(46)32-50)49-22-17-43(18-23-49)41-13-11-40(12-14-41)42-15-20-48(21-16-42)57-34-37-27-38(35-57)29-39(28-37)36-57/h3-26,30-33,37-39H,27-29,34-36H2,1-2H3. The molecule has 0 unspecified atom stereocenters. The van der Waals surface area contributed by atoms with E-state index in [2.05, 4.69) is 189 Å². The molecule has 1 heteroatoms. The predicted molar refractivity (Wildman–Crippen MR) is 244 cm³/mol. The van der Waals surface area contributed by atoms with Crippen LogP contribution in [0.3, 0.4) is 0 Å². The Morgan fingerprint density at radius 3 is 1.50 bits per heavy atom. The highest BCUT2D eigenvalue weighted by Crippen LogP contribution is 2.61. The van der Waals surface area contributed by atoms with Gasteiger partial charge in [0.05, 0.1) is 0 Å². The van der Waals surface area contributed by atoms with Crippen molar-refractivity contribution in [3.05, 3.63) is 187 Å². The summed E-state index contributed by atoms with van der Waals surface area (Å²) < 4.78 is 0. The van der Waals surface area contributed by atoms with E-state index >= 15 is 0 Å². The molecule has 5 aliphatic rings. The molecule has 4 fully saturated rings. The topological polar surface area (TPSA) is 3.24 Å². The zero-order chi connectivity index (χ0) is 38.6. The van der Waals surface area contributed by atoms with Crippen LogP contribution in [-0.4, -0.2) is 0 Å². The highest BCUT2D eigenvalue weighted by molar-refractivity contribution is 6.00. The van der Waals surface area contributed by atoms with Crippen LogP contribution in [0.25, 0.3) is 54.9 Å². The van der Waals surface area contributed by atoms with Gasteiger partial charge in [-0.25, -0.2) is 0 Å². The summed E-state index contributed by atoms with van der Waals surface area (Å²) in [6, 6.07) is 64.3. The molecule has 0 aliphatic heterocycles. The molecule has 0 saturated heterocycles. The first-order valence-corrected chi connectivity index (χ1v) is 21.7. The highest BCUT2D eigenvalue weighted by atomic mass is 15.1.